The van der Waals surface area contributed by atoms with Gasteiger partial charge >= 0.3 is 0 Å². The number of halogens is 2. The number of H-pyrrole nitrogens is 1. The molecule has 0 aliphatic rings. The van der Waals surface area contributed by atoms with Gasteiger partial charge in [0.25, 0.3) is 10.0 Å². The molecule has 4 rings (SSSR count). The highest BCUT2D eigenvalue weighted by Gasteiger charge is 2.27. The molecule has 3 aromatic carbocycles. The summed E-state index contributed by atoms with van der Waals surface area (Å²) in [5, 5.41) is 1.19. The number of anilines is 1. The van der Waals surface area contributed by atoms with Crippen molar-refractivity contribution in [3.05, 3.63) is 82.8 Å². The molecule has 0 aliphatic carbocycles. The van der Waals surface area contributed by atoms with Crippen LogP contribution in [0.25, 0.3) is 10.9 Å². The van der Waals surface area contributed by atoms with Crippen LogP contribution < -0.4 is 10.3 Å². The summed E-state index contributed by atoms with van der Waals surface area (Å²) in [6, 6.07) is 18.0. The molecule has 0 bridgehead atoms. The second kappa shape index (κ2) is 8.18. The quantitative estimate of drug-likeness (QED) is 0.338. The number of benzene rings is 3. The lowest BCUT2D eigenvalue weighted by atomic mass is 10.2. The summed E-state index contributed by atoms with van der Waals surface area (Å²) in [7, 11) is -8.01. The van der Waals surface area contributed by atoms with Gasteiger partial charge in [0.2, 0.25) is 9.84 Å². The maximum Gasteiger partial charge on any atom is 0.257 e. The van der Waals surface area contributed by atoms with Crippen LogP contribution in [-0.4, -0.2) is 21.8 Å². The third kappa shape index (κ3) is 4.28. The predicted molar refractivity (Wildman–Crippen MR) is 121 cm³/mol. The molecular weight excluding hydrogens is 481 g/mol. The molecule has 0 atom stereocenters. The van der Waals surface area contributed by atoms with E-state index in [1.165, 1.54) is 48.5 Å². The van der Waals surface area contributed by atoms with Gasteiger partial charge in [0.05, 0.1) is 9.79 Å². The normalized spacial score (nSPS) is 12.2. The second-order valence-electron chi connectivity index (χ2n) is 6.52. The Hall–Kier alpha value is -2.56. The molecular formula is C20H15Cl2N3O4S2. The first-order chi connectivity index (χ1) is 14.7. The maximum atomic E-state index is 13.4. The van der Waals surface area contributed by atoms with Crippen LogP contribution >= 0.6 is 23.2 Å². The number of sulfone groups is 1. The van der Waals surface area contributed by atoms with Gasteiger partial charge in [-0.05, 0) is 54.6 Å². The summed E-state index contributed by atoms with van der Waals surface area (Å²) in [6.07, 6.45) is 0. The molecule has 0 fully saturated rings. The molecule has 0 spiro atoms. The molecule has 4 aromatic rings. The maximum absolute atomic E-state index is 13.4. The van der Waals surface area contributed by atoms with E-state index >= 15 is 0 Å². The van der Waals surface area contributed by atoms with Gasteiger partial charge in [-0.15, -0.1) is 4.83 Å². The number of nitrogens with one attached hydrogen (secondary N) is 3. The fraction of sp³-hybridized carbons (Fsp3) is 0. The van der Waals surface area contributed by atoms with Gasteiger partial charge < -0.3 is 4.98 Å². The number of para-hydroxylation sites is 1. The molecule has 0 saturated heterocycles. The number of aromatic amines is 1. The van der Waals surface area contributed by atoms with E-state index in [2.05, 4.69) is 15.2 Å². The highest BCUT2D eigenvalue weighted by Crippen LogP contribution is 2.35. The average molecular weight is 496 g/mol. The summed E-state index contributed by atoms with van der Waals surface area (Å²) >= 11 is 11.7. The van der Waals surface area contributed by atoms with Crippen molar-refractivity contribution in [1.29, 1.82) is 0 Å². The Bertz CT molecular complexity index is 1470. The minimum Gasteiger partial charge on any atom is -0.339 e. The van der Waals surface area contributed by atoms with Crippen LogP contribution in [0.2, 0.25) is 10.0 Å². The summed E-state index contributed by atoms with van der Waals surface area (Å²) in [5.74, 6) is -0.0197. The highest BCUT2D eigenvalue weighted by molar-refractivity contribution is 7.92. The Labute approximate surface area is 188 Å². The minimum atomic E-state index is -4.01. The van der Waals surface area contributed by atoms with Crippen LogP contribution in [0.15, 0.2) is 87.5 Å². The smallest absolute Gasteiger partial charge is 0.257 e. The molecule has 0 unspecified atom stereocenters. The van der Waals surface area contributed by atoms with Crippen molar-refractivity contribution in [2.24, 2.45) is 0 Å². The lowest BCUT2D eigenvalue weighted by Gasteiger charge is -2.11. The zero-order valence-corrected chi connectivity index (χ0v) is 18.8. The summed E-state index contributed by atoms with van der Waals surface area (Å²) < 4.78 is 52.0. The predicted octanol–water partition coefficient (Wildman–Crippen LogP) is 4.61. The molecule has 11 heteroatoms. The van der Waals surface area contributed by atoms with E-state index in [-0.39, 0.29) is 20.5 Å². The zero-order valence-electron chi connectivity index (χ0n) is 15.6. The highest BCUT2D eigenvalue weighted by atomic mass is 35.5. The molecule has 0 saturated carbocycles. The Morgan fingerprint density at radius 1 is 0.710 bits per heavy atom. The zero-order chi connectivity index (χ0) is 22.2. The second-order valence-corrected chi connectivity index (χ2v) is 11.0. The molecule has 1 heterocycles. The SMILES string of the molecule is O=S(=O)(NNc1[nH]c2ccccc2c1S(=O)(=O)c1ccc(Cl)cc1)c1ccc(Cl)cc1. The first kappa shape index (κ1) is 21.7. The van der Waals surface area contributed by atoms with E-state index in [9.17, 15) is 16.8 Å². The van der Waals surface area contributed by atoms with E-state index in [1.54, 1.807) is 24.3 Å². The number of hydrogen-bond donors (Lipinski definition) is 3. The van der Waals surface area contributed by atoms with Crippen molar-refractivity contribution in [3.8, 4) is 0 Å². The van der Waals surface area contributed by atoms with E-state index in [1.807, 2.05) is 0 Å². The first-order valence-electron chi connectivity index (χ1n) is 8.83. The van der Waals surface area contributed by atoms with E-state index in [4.69, 9.17) is 23.2 Å². The molecule has 31 heavy (non-hydrogen) atoms. The number of rotatable bonds is 6. The van der Waals surface area contributed by atoms with E-state index in [0.29, 0.717) is 20.9 Å². The summed E-state index contributed by atoms with van der Waals surface area (Å²) in [5.41, 5.74) is 3.03. The molecule has 0 aliphatic heterocycles. The van der Waals surface area contributed by atoms with Gasteiger partial charge in [0.15, 0.2) is 0 Å². The van der Waals surface area contributed by atoms with Crippen molar-refractivity contribution in [2.45, 2.75) is 14.7 Å². The molecule has 160 valence electrons. The number of hydrogen-bond acceptors (Lipinski definition) is 5. The first-order valence-corrected chi connectivity index (χ1v) is 12.6. The average Bonchev–Trinajstić information content (AvgIpc) is 3.12. The van der Waals surface area contributed by atoms with Gasteiger partial charge in [0, 0.05) is 20.9 Å². The van der Waals surface area contributed by atoms with Crippen LogP contribution in [0.5, 0.6) is 0 Å². The van der Waals surface area contributed by atoms with Gasteiger partial charge in [-0.3, -0.25) is 5.43 Å². The van der Waals surface area contributed by atoms with Crippen molar-refractivity contribution < 1.29 is 16.8 Å². The Kier molecular flexibility index (Phi) is 5.71. The largest absolute Gasteiger partial charge is 0.339 e. The molecule has 0 amide bonds. The van der Waals surface area contributed by atoms with Crippen LogP contribution in [0, 0.1) is 0 Å². The summed E-state index contributed by atoms with van der Waals surface area (Å²) in [6.45, 7) is 0. The molecule has 0 radical (unpaired) electrons. The Morgan fingerprint density at radius 2 is 1.26 bits per heavy atom. The van der Waals surface area contributed by atoms with Crippen LogP contribution in [0.1, 0.15) is 0 Å². The Balaban J connectivity index is 1.77. The Morgan fingerprint density at radius 3 is 1.87 bits per heavy atom. The van der Waals surface area contributed by atoms with Crippen molar-refractivity contribution in [1.82, 2.24) is 9.82 Å². The van der Waals surface area contributed by atoms with Crippen LogP contribution in [-0.2, 0) is 19.9 Å². The fourth-order valence-corrected chi connectivity index (χ4v) is 5.67. The van der Waals surface area contributed by atoms with Gasteiger partial charge in [-0.1, -0.05) is 41.4 Å². The monoisotopic (exact) mass is 495 g/mol. The molecule has 7 nitrogen and oxygen atoms in total. The molecule has 3 N–H and O–H groups in total. The van der Waals surface area contributed by atoms with Crippen LogP contribution in [0.4, 0.5) is 5.82 Å². The number of fused-ring (bicyclic) bond motifs is 1. The van der Waals surface area contributed by atoms with E-state index in [0.717, 1.165) is 0 Å². The third-order valence-corrected chi connectivity index (χ3v) is 8.11. The third-order valence-electron chi connectivity index (χ3n) is 4.49. The summed E-state index contributed by atoms with van der Waals surface area (Å²) in [4.78, 5) is 5.01. The van der Waals surface area contributed by atoms with Gasteiger partial charge in [0.1, 0.15) is 10.7 Å². The van der Waals surface area contributed by atoms with Crippen LogP contribution in [0.3, 0.4) is 0 Å². The number of aromatic nitrogens is 1. The minimum absolute atomic E-state index is 0.0188. The van der Waals surface area contributed by atoms with Crippen molar-refractivity contribution in [3.63, 3.8) is 0 Å². The fourth-order valence-electron chi connectivity index (χ4n) is 3.01. The lowest BCUT2D eigenvalue weighted by Crippen LogP contribution is -2.30. The number of hydrazine groups is 1. The molecule has 1 aromatic heterocycles. The number of sulfonamides is 1. The van der Waals surface area contributed by atoms with Crippen molar-refractivity contribution in [2.75, 3.05) is 5.43 Å². The topological polar surface area (TPSA) is 108 Å². The van der Waals surface area contributed by atoms with Gasteiger partial charge in [-0.25, -0.2) is 16.8 Å². The van der Waals surface area contributed by atoms with Gasteiger partial charge in [-0.2, -0.15) is 0 Å². The lowest BCUT2D eigenvalue weighted by molar-refractivity contribution is 0.586. The standard InChI is InChI=1S/C20H15Cl2N3O4S2/c21-13-5-9-15(10-6-13)30(26,27)19-17-3-1-2-4-18(17)23-20(19)24-25-31(28,29)16-11-7-14(22)8-12-16/h1-12,23-25H. The van der Waals surface area contributed by atoms with Crippen molar-refractivity contribution >= 4 is 59.8 Å². The van der Waals surface area contributed by atoms with E-state index < -0.39 is 19.9 Å².